The monoisotopic (exact) mass is 265 g/mol. The molecular weight excluding hydrogens is 242 g/mol. The average Bonchev–Trinajstić information content (AvgIpc) is 2.49. The van der Waals surface area contributed by atoms with E-state index in [0.717, 1.165) is 37.6 Å². The molecule has 1 fully saturated rings. The summed E-state index contributed by atoms with van der Waals surface area (Å²) in [7, 11) is 1.67. The van der Waals surface area contributed by atoms with Crippen LogP contribution in [0.3, 0.4) is 0 Å². The minimum Gasteiger partial charge on any atom is -0.496 e. The van der Waals surface area contributed by atoms with Gasteiger partial charge in [0.2, 0.25) is 0 Å². The minimum absolute atomic E-state index is 0.0370. The first-order valence-corrected chi connectivity index (χ1v) is 6.73. The summed E-state index contributed by atoms with van der Waals surface area (Å²) in [6, 6.07) is 7.85. The van der Waals surface area contributed by atoms with E-state index in [-0.39, 0.29) is 12.1 Å². The van der Waals surface area contributed by atoms with Gasteiger partial charge in [-0.3, -0.25) is 16.2 Å². The van der Waals surface area contributed by atoms with Gasteiger partial charge in [-0.2, -0.15) is 0 Å². The Kier molecular flexibility index (Phi) is 5.15. The highest BCUT2D eigenvalue weighted by molar-refractivity contribution is 5.36. The maximum absolute atomic E-state index is 5.88. The van der Waals surface area contributed by atoms with E-state index in [1.54, 1.807) is 7.11 Å². The van der Waals surface area contributed by atoms with Crippen LogP contribution in [0.25, 0.3) is 0 Å². The van der Waals surface area contributed by atoms with E-state index in [0.29, 0.717) is 0 Å². The normalized spacial score (nSPS) is 22.2. The summed E-state index contributed by atoms with van der Waals surface area (Å²) in [6.07, 6.45) is 0.0370. The Balaban J connectivity index is 2.19. The van der Waals surface area contributed by atoms with Crippen LogP contribution in [0.2, 0.25) is 0 Å². The van der Waals surface area contributed by atoms with Crippen molar-refractivity contribution in [3.05, 3.63) is 29.8 Å². The van der Waals surface area contributed by atoms with Crippen LogP contribution in [0.4, 0.5) is 0 Å². The largest absolute Gasteiger partial charge is 0.496 e. The highest BCUT2D eigenvalue weighted by atomic mass is 16.5. The Bertz CT molecular complexity index is 400. The number of hydrogen-bond donors (Lipinski definition) is 2. The lowest BCUT2D eigenvalue weighted by Crippen LogP contribution is -2.49. The Morgan fingerprint density at radius 2 is 2.32 bits per heavy atom. The van der Waals surface area contributed by atoms with E-state index >= 15 is 0 Å². The highest BCUT2D eigenvalue weighted by Crippen LogP contribution is 2.29. The molecule has 1 aliphatic rings. The van der Waals surface area contributed by atoms with Crippen molar-refractivity contribution in [1.82, 2.24) is 10.3 Å². The van der Waals surface area contributed by atoms with Gasteiger partial charge in [-0.05, 0) is 12.6 Å². The van der Waals surface area contributed by atoms with Gasteiger partial charge >= 0.3 is 0 Å². The molecule has 5 nitrogen and oxygen atoms in total. The first-order valence-electron chi connectivity index (χ1n) is 6.73. The zero-order valence-corrected chi connectivity index (χ0v) is 11.6. The van der Waals surface area contributed by atoms with Crippen molar-refractivity contribution >= 4 is 0 Å². The number of morpholine rings is 1. The number of benzene rings is 1. The van der Waals surface area contributed by atoms with Gasteiger partial charge in [0.25, 0.3) is 0 Å². The topological polar surface area (TPSA) is 59.8 Å². The standard InChI is InChI=1S/C14H23N3O2/c1-3-17-8-9-19-13(10-17)14(16-15)11-6-4-5-7-12(11)18-2/h4-7,13-14,16H,3,8-10,15H2,1-2H3. The molecule has 5 heteroatoms. The smallest absolute Gasteiger partial charge is 0.123 e. The van der Waals surface area contributed by atoms with Crippen LogP contribution in [-0.4, -0.2) is 44.4 Å². The molecule has 2 atom stereocenters. The third kappa shape index (κ3) is 3.25. The molecule has 0 spiro atoms. The molecule has 2 rings (SSSR count). The van der Waals surface area contributed by atoms with Gasteiger partial charge < -0.3 is 9.47 Å². The highest BCUT2D eigenvalue weighted by Gasteiger charge is 2.29. The van der Waals surface area contributed by atoms with Crippen molar-refractivity contribution in [3.63, 3.8) is 0 Å². The summed E-state index contributed by atoms with van der Waals surface area (Å²) >= 11 is 0. The molecule has 1 aromatic rings. The Morgan fingerprint density at radius 1 is 1.53 bits per heavy atom. The van der Waals surface area contributed by atoms with Crippen molar-refractivity contribution in [2.45, 2.75) is 19.1 Å². The van der Waals surface area contributed by atoms with E-state index in [2.05, 4.69) is 17.2 Å². The second kappa shape index (κ2) is 6.86. The quantitative estimate of drug-likeness (QED) is 0.612. The fourth-order valence-corrected chi connectivity index (χ4v) is 2.54. The van der Waals surface area contributed by atoms with Crippen molar-refractivity contribution in [1.29, 1.82) is 0 Å². The first-order chi connectivity index (χ1) is 9.30. The predicted molar refractivity (Wildman–Crippen MR) is 74.9 cm³/mol. The first kappa shape index (κ1) is 14.3. The summed E-state index contributed by atoms with van der Waals surface area (Å²) in [5.41, 5.74) is 3.91. The lowest BCUT2D eigenvalue weighted by atomic mass is 9.99. The third-order valence-electron chi connectivity index (χ3n) is 3.65. The van der Waals surface area contributed by atoms with E-state index in [4.69, 9.17) is 15.3 Å². The van der Waals surface area contributed by atoms with Gasteiger partial charge in [-0.25, -0.2) is 0 Å². The van der Waals surface area contributed by atoms with Crippen LogP contribution in [0, 0.1) is 0 Å². The molecule has 0 amide bonds. The van der Waals surface area contributed by atoms with Gasteiger partial charge in [0.1, 0.15) is 5.75 Å². The summed E-state index contributed by atoms with van der Waals surface area (Å²) in [6.45, 7) is 5.80. The minimum atomic E-state index is -0.0644. The molecule has 1 aliphatic heterocycles. The number of nitrogens with one attached hydrogen (secondary N) is 1. The van der Waals surface area contributed by atoms with Crippen LogP contribution < -0.4 is 16.0 Å². The Morgan fingerprint density at radius 3 is 3.00 bits per heavy atom. The number of nitrogens with zero attached hydrogens (tertiary/aromatic N) is 1. The predicted octanol–water partition coefficient (Wildman–Crippen LogP) is 0.920. The zero-order valence-electron chi connectivity index (χ0n) is 11.6. The van der Waals surface area contributed by atoms with Crippen LogP contribution >= 0.6 is 0 Å². The van der Waals surface area contributed by atoms with Crippen LogP contribution in [0.1, 0.15) is 18.5 Å². The second-order valence-electron chi connectivity index (χ2n) is 4.69. The fraction of sp³-hybridized carbons (Fsp3) is 0.571. The van der Waals surface area contributed by atoms with E-state index in [9.17, 15) is 0 Å². The molecule has 3 N–H and O–H groups in total. The van der Waals surface area contributed by atoms with Crippen molar-refractivity contribution in [2.24, 2.45) is 5.84 Å². The molecule has 106 valence electrons. The molecular formula is C14H23N3O2. The number of hydrogen-bond acceptors (Lipinski definition) is 5. The van der Waals surface area contributed by atoms with E-state index < -0.39 is 0 Å². The number of nitrogens with two attached hydrogens (primary N) is 1. The van der Waals surface area contributed by atoms with E-state index in [1.165, 1.54) is 0 Å². The van der Waals surface area contributed by atoms with Crippen LogP contribution in [-0.2, 0) is 4.74 Å². The molecule has 0 bridgehead atoms. The zero-order chi connectivity index (χ0) is 13.7. The molecule has 19 heavy (non-hydrogen) atoms. The van der Waals surface area contributed by atoms with Gasteiger partial charge in [0.15, 0.2) is 0 Å². The molecule has 0 aromatic heterocycles. The molecule has 1 saturated heterocycles. The average molecular weight is 265 g/mol. The second-order valence-corrected chi connectivity index (χ2v) is 4.69. The molecule has 0 saturated carbocycles. The lowest BCUT2D eigenvalue weighted by molar-refractivity contribution is -0.0459. The summed E-state index contributed by atoms with van der Waals surface area (Å²) in [5, 5.41) is 0. The number of likely N-dealkylation sites (N-methyl/N-ethyl adjacent to an activating group) is 1. The molecule has 0 aliphatic carbocycles. The number of para-hydroxylation sites is 1. The number of hydrazine groups is 1. The molecule has 0 radical (unpaired) electrons. The summed E-state index contributed by atoms with van der Waals surface area (Å²) in [4.78, 5) is 2.37. The number of ether oxygens (including phenoxy) is 2. The SMILES string of the molecule is CCN1CCOC(C(NN)c2ccccc2OC)C1. The van der Waals surface area contributed by atoms with E-state index in [1.807, 2.05) is 24.3 Å². The number of methoxy groups -OCH3 is 1. The van der Waals surface area contributed by atoms with Crippen molar-refractivity contribution in [3.8, 4) is 5.75 Å². The summed E-state index contributed by atoms with van der Waals surface area (Å²) in [5.74, 6) is 6.58. The van der Waals surface area contributed by atoms with Gasteiger partial charge in [-0.15, -0.1) is 0 Å². The lowest BCUT2D eigenvalue weighted by Gasteiger charge is -2.36. The molecule has 1 heterocycles. The van der Waals surface area contributed by atoms with Gasteiger partial charge in [0.05, 0.1) is 25.9 Å². The molecule has 2 unspecified atom stereocenters. The number of rotatable bonds is 5. The third-order valence-corrected chi connectivity index (χ3v) is 3.65. The Labute approximate surface area is 114 Å². The van der Waals surface area contributed by atoms with Crippen LogP contribution in [0.5, 0.6) is 5.75 Å². The maximum atomic E-state index is 5.88. The van der Waals surface area contributed by atoms with Gasteiger partial charge in [-0.1, -0.05) is 25.1 Å². The van der Waals surface area contributed by atoms with Crippen LogP contribution in [0.15, 0.2) is 24.3 Å². The summed E-state index contributed by atoms with van der Waals surface area (Å²) < 4.78 is 11.3. The maximum Gasteiger partial charge on any atom is 0.123 e. The fourth-order valence-electron chi connectivity index (χ4n) is 2.54. The molecule has 1 aromatic carbocycles. The van der Waals surface area contributed by atoms with Crippen molar-refractivity contribution in [2.75, 3.05) is 33.4 Å². The van der Waals surface area contributed by atoms with Gasteiger partial charge in [0, 0.05) is 18.7 Å². The van der Waals surface area contributed by atoms with Crippen molar-refractivity contribution < 1.29 is 9.47 Å². The Hall–Kier alpha value is -1.14.